The molecule has 2 aliphatic heterocycles. The molecule has 3 rings (SSSR count). The van der Waals surface area contributed by atoms with E-state index in [-0.39, 0.29) is 30.1 Å². The summed E-state index contributed by atoms with van der Waals surface area (Å²) < 4.78 is 5.56. The summed E-state index contributed by atoms with van der Waals surface area (Å²) in [5.41, 5.74) is 1.16. The minimum absolute atomic E-state index is 0. The molecule has 1 fully saturated rings. The number of ether oxygens (including phenoxy) is 1. The van der Waals surface area contributed by atoms with E-state index in [9.17, 15) is 0 Å². The van der Waals surface area contributed by atoms with Crippen LogP contribution in [-0.4, -0.2) is 49.3 Å². The fourth-order valence-electron chi connectivity index (χ4n) is 2.58. The van der Waals surface area contributed by atoms with E-state index in [2.05, 4.69) is 51.5 Å². The molecule has 2 N–H and O–H groups in total. The number of hydrogen-bond donors (Lipinski definition) is 2. The van der Waals surface area contributed by atoms with E-state index in [1.54, 1.807) is 0 Å². The Kier molecular flexibility index (Phi) is 6.25. The van der Waals surface area contributed by atoms with Gasteiger partial charge in [0.05, 0.1) is 19.3 Å². The summed E-state index contributed by atoms with van der Waals surface area (Å²) >= 11 is 0. The highest BCUT2D eigenvalue weighted by Crippen LogP contribution is 2.15. The van der Waals surface area contributed by atoms with E-state index in [0.717, 1.165) is 50.1 Å². The topological polar surface area (TPSA) is 61.8 Å². The van der Waals surface area contributed by atoms with Crippen LogP contribution in [0.25, 0.3) is 0 Å². The van der Waals surface area contributed by atoms with Gasteiger partial charge in [-0.05, 0) is 25.5 Å². The van der Waals surface area contributed by atoms with E-state index in [4.69, 9.17) is 4.74 Å². The van der Waals surface area contributed by atoms with Gasteiger partial charge in [0.2, 0.25) is 0 Å². The molecule has 2 aliphatic rings. The van der Waals surface area contributed by atoms with Crippen LogP contribution in [0, 0.1) is 0 Å². The zero-order valence-electron chi connectivity index (χ0n) is 13.1. The molecule has 122 valence electrons. The number of hydrogen-bond acceptors (Lipinski definition) is 6. The number of aromatic nitrogens is 1. The predicted octanol–water partition coefficient (Wildman–Crippen LogP) is 1.36. The van der Waals surface area contributed by atoms with Crippen LogP contribution in [0.2, 0.25) is 0 Å². The maximum atomic E-state index is 5.56. The molecular formula is C15H24IN5O. The Balaban J connectivity index is 0.00000176. The molecule has 1 aromatic heterocycles. The number of aliphatic imine (C=N–C) groups is 1. The van der Waals surface area contributed by atoms with E-state index < -0.39 is 0 Å². The molecule has 6 nitrogen and oxygen atoms in total. The van der Waals surface area contributed by atoms with Crippen molar-refractivity contribution in [2.24, 2.45) is 4.99 Å². The van der Waals surface area contributed by atoms with Crippen molar-refractivity contribution in [3.05, 3.63) is 23.9 Å². The van der Waals surface area contributed by atoms with Crippen LogP contribution < -0.4 is 15.5 Å². The van der Waals surface area contributed by atoms with Gasteiger partial charge in [0.15, 0.2) is 5.96 Å². The highest BCUT2D eigenvalue weighted by Gasteiger charge is 2.17. The lowest BCUT2D eigenvalue weighted by Crippen LogP contribution is -2.41. The lowest BCUT2D eigenvalue weighted by molar-refractivity contribution is 0.0529. The minimum Gasteiger partial charge on any atom is -0.375 e. The molecule has 2 atom stereocenters. The number of nitrogens with zero attached hydrogens (tertiary/aromatic N) is 3. The van der Waals surface area contributed by atoms with Gasteiger partial charge in [-0.1, -0.05) is 6.07 Å². The smallest absolute Gasteiger partial charge is 0.191 e. The van der Waals surface area contributed by atoms with Gasteiger partial charge >= 0.3 is 0 Å². The first kappa shape index (κ1) is 17.3. The van der Waals surface area contributed by atoms with Crippen molar-refractivity contribution in [2.75, 3.05) is 31.1 Å². The van der Waals surface area contributed by atoms with Crippen molar-refractivity contribution >= 4 is 35.8 Å². The van der Waals surface area contributed by atoms with E-state index in [1.807, 2.05) is 6.20 Å². The minimum atomic E-state index is 0. The summed E-state index contributed by atoms with van der Waals surface area (Å²) in [4.78, 5) is 11.2. The first-order valence-electron chi connectivity index (χ1n) is 7.57. The maximum absolute atomic E-state index is 5.56. The van der Waals surface area contributed by atoms with Gasteiger partial charge in [0.1, 0.15) is 5.82 Å². The monoisotopic (exact) mass is 417 g/mol. The summed E-state index contributed by atoms with van der Waals surface area (Å²) in [5.74, 6) is 1.91. The highest BCUT2D eigenvalue weighted by molar-refractivity contribution is 14.0. The van der Waals surface area contributed by atoms with Crippen molar-refractivity contribution in [3.63, 3.8) is 0 Å². The standard InChI is InChI=1S/C15H23N5O.HI/c1-11-7-17-15(19-11)18-9-13-3-4-14(16-8-13)20-5-6-21-12(2)10-20;/h3-4,8,11-12H,5-7,9-10H2,1-2H3,(H2,17,18,19);1H. The normalized spacial score (nSPS) is 24.3. The second-order valence-corrected chi connectivity index (χ2v) is 5.74. The van der Waals surface area contributed by atoms with Crippen molar-refractivity contribution < 1.29 is 4.74 Å². The first-order chi connectivity index (χ1) is 10.2. The molecule has 0 bridgehead atoms. The molecule has 3 heterocycles. The van der Waals surface area contributed by atoms with E-state index >= 15 is 0 Å². The number of guanidine groups is 1. The summed E-state index contributed by atoms with van der Waals surface area (Å²) in [6.45, 7) is 8.39. The molecule has 0 aromatic carbocycles. The zero-order chi connectivity index (χ0) is 14.7. The second kappa shape index (κ2) is 7.96. The second-order valence-electron chi connectivity index (χ2n) is 5.74. The van der Waals surface area contributed by atoms with Crippen molar-refractivity contribution in [3.8, 4) is 0 Å². The molecule has 0 radical (unpaired) electrons. The van der Waals surface area contributed by atoms with Gasteiger partial charge in [-0.2, -0.15) is 0 Å². The molecule has 22 heavy (non-hydrogen) atoms. The summed E-state index contributed by atoms with van der Waals surface area (Å²) in [6, 6.07) is 4.63. The van der Waals surface area contributed by atoms with Gasteiger partial charge in [-0.25, -0.2) is 4.98 Å². The Morgan fingerprint density at radius 2 is 2.27 bits per heavy atom. The number of rotatable bonds is 3. The van der Waals surface area contributed by atoms with Gasteiger partial charge in [-0.15, -0.1) is 24.0 Å². The number of nitrogens with one attached hydrogen (secondary N) is 2. The Morgan fingerprint density at radius 3 is 2.91 bits per heavy atom. The number of pyridine rings is 1. The molecule has 2 unspecified atom stereocenters. The van der Waals surface area contributed by atoms with Crippen LogP contribution in [0.15, 0.2) is 23.3 Å². The third kappa shape index (κ3) is 4.45. The SMILES string of the molecule is CC1CN=C(NCc2ccc(N3CCOC(C)C3)nc2)N1.I. The molecule has 0 amide bonds. The molecule has 0 spiro atoms. The van der Waals surface area contributed by atoms with Crippen LogP contribution in [0.1, 0.15) is 19.4 Å². The zero-order valence-corrected chi connectivity index (χ0v) is 15.4. The first-order valence-corrected chi connectivity index (χ1v) is 7.57. The Hall–Kier alpha value is -1.09. The molecule has 1 saturated heterocycles. The van der Waals surface area contributed by atoms with Crippen LogP contribution in [0.4, 0.5) is 5.82 Å². The van der Waals surface area contributed by atoms with Gasteiger partial charge in [0.25, 0.3) is 0 Å². The van der Waals surface area contributed by atoms with Crippen molar-refractivity contribution in [1.29, 1.82) is 0 Å². The average molecular weight is 417 g/mol. The molecule has 1 aromatic rings. The molecular weight excluding hydrogens is 393 g/mol. The molecule has 0 aliphatic carbocycles. The Bertz CT molecular complexity index is 507. The predicted molar refractivity (Wildman–Crippen MR) is 99.0 cm³/mol. The third-order valence-electron chi connectivity index (χ3n) is 3.74. The summed E-state index contributed by atoms with van der Waals surface area (Å²) in [5, 5.41) is 6.59. The number of anilines is 1. The fourth-order valence-corrected chi connectivity index (χ4v) is 2.58. The maximum Gasteiger partial charge on any atom is 0.191 e. The highest BCUT2D eigenvalue weighted by atomic mass is 127. The molecule has 0 saturated carbocycles. The average Bonchev–Trinajstić information content (AvgIpc) is 2.91. The third-order valence-corrected chi connectivity index (χ3v) is 3.74. The number of morpholine rings is 1. The summed E-state index contributed by atoms with van der Waals surface area (Å²) in [7, 11) is 0. The van der Waals surface area contributed by atoms with Crippen LogP contribution in [0.5, 0.6) is 0 Å². The quantitative estimate of drug-likeness (QED) is 0.728. The Labute approximate surface area is 148 Å². The van der Waals surface area contributed by atoms with Crippen LogP contribution >= 0.6 is 24.0 Å². The van der Waals surface area contributed by atoms with Crippen LogP contribution in [0.3, 0.4) is 0 Å². The molecule has 7 heteroatoms. The largest absolute Gasteiger partial charge is 0.375 e. The van der Waals surface area contributed by atoms with E-state index in [0.29, 0.717) is 6.04 Å². The fraction of sp³-hybridized carbons (Fsp3) is 0.600. The van der Waals surface area contributed by atoms with Crippen molar-refractivity contribution in [2.45, 2.75) is 32.5 Å². The van der Waals surface area contributed by atoms with E-state index in [1.165, 1.54) is 0 Å². The lowest BCUT2D eigenvalue weighted by atomic mass is 10.2. The lowest BCUT2D eigenvalue weighted by Gasteiger charge is -2.32. The van der Waals surface area contributed by atoms with Gasteiger partial charge in [0, 0.05) is 31.9 Å². The van der Waals surface area contributed by atoms with Crippen LogP contribution in [-0.2, 0) is 11.3 Å². The van der Waals surface area contributed by atoms with Crippen molar-refractivity contribution in [1.82, 2.24) is 15.6 Å². The Morgan fingerprint density at radius 1 is 1.41 bits per heavy atom. The van der Waals surface area contributed by atoms with Gasteiger partial charge in [-0.3, -0.25) is 4.99 Å². The number of halogens is 1. The summed E-state index contributed by atoms with van der Waals surface area (Å²) in [6.07, 6.45) is 2.21. The van der Waals surface area contributed by atoms with Gasteiger partial charge < -0.3 is 20.3 Å².